The number of carbonyl (C=O) groups excluding carboxylic acids is 1. The van der Waals surface area contributed by atoms with Crippen LogP contribution in [0.5, 0.6) is 0 Å². The van der Waals surface area contributed by atoms with Crippen LogP contribution in [0.15, 0.2) is 24.3 Å². The van der Waals surface area contributed by atoms with E-state index in [0.29, 0.717) is 18.1 Å². The summed E-state index contributed by atoms with van der Waals surface area (Å²) in [5.41, 5.74) is 1.80. The van der Waals surface area contributed by atoms with Gasteiger partial charge >= 0.3 is 0 Å². The summed E-state index contributed by atoms with van der Waals surface area (Å²) in [4.78, 5) is 12.2. The average molecular weight is 351 g/mol. The van der Waals surface area contributed by atoms with Gasteiger partial charge in [0.05, 0.1) is 0 Å². The van der Waals surface area contributed by atoms with Gasteiger partial charge < -0.3 is 10.6 Å². The molecule has 0 spiro atoms. The molecule has 1 atom stereocenters. The van der Waals surface area contributed by atoms with Crippen molar-refractivity contribution in [3.05, 3.63) is 29.8 Å². The smallest absolute Gasteiger partial charge is 0.224 e. The Labute approximate surface area is 148 Å². The Bertz CT molecular complexity index is 575. The molecule has 2 rings (SSSR count). The third kappa shape index (κ3) is 6.36. The Morgan fingerprint density at radius 2 is 2.00 bits per heavy atom. The van der Waals surface area contributed by atoms with Crippen molar-refractivity contribution >= 4 is 22.4 Å². The van der Waals surface area contributed by atoms with E-state index in [1.165, 1.54) is 12.8 Å². The van der Waals surface area contributed by atoms with Gasteiger partial charge in [0, 0.05) is 33.4 Å². The van der Waals surface area contributed by atoms with Crippen molar-refractivity contribution in [3.63, 3.8) is 0 Å². The van der Waals surface area contributed by atoms with E-state index in [1.54, 1.807) is 0 Å². The van der Waals surface area contributed by atoms with Crippen molar-refractivity contribution in [2.75, 3.05) is 18.4 Å². The SMILES string of the molecule is CC(C)(C)S(=O)Cc1cccc(NC(=O)CCC2CCNCC2)c1. The van der Waals surface area contributed by atoms with Gasteiger partial charge in [0.2, 0.25) is 5.91 Å². The summed E-state index contributed by atoms with van der Waals surface area (Å²) in [6.07, 6.45) is 3.87. The lowest BCUT2D eigenvalue weighted by molar-refractivity contribution is -0.116. The van der Waals surface area contributed by atoms with Crippen molar-refractivity contribution in [1.82, 2.24) is 5.32 Å². The van der Waals surface area contributed by atoms with Gasteiger partial charge in [0.25, 0.3) is 0 Å². The zero-order valence-electron chi connectivity index (χ0n) is 15.1. The number of nitrogens with one attached hydrogen (secondary N) is 2. The summed E-state index contributed by atoms with van der Waals surface area (Å²) in [7, 11) is -0.935. The van der Waals surface area contributed by atoms with E-state index in [0.717, 1.165) is 30.8 Å². The van der Waals surface area contributed by atoms with Crippen LogP contribution in [0, 0.1) is 5.92 Å². The zero-order chi connectivity index (χ0) is 17.6. The predicted molar refractivity (Wildman–Crippen MR) is 101 cm³/mol. The van der Waals surface area contributed by atoms with E-state index in [2.05, 4.69) is 10.6 Å². The molecule has 1 heterocycles. The first kappa shape index (κ1) is 19.1. The van der Waals surface area contributed by atoms with Crippen LogP contribution in [0.2, 0.25) is 0 Å². The maximum absolute atomic E-state index is 12.3. The monoisotopic (exact) mass is 350 g/mol. The number of amides is 1. The minimum atomic E-state index is -0.935. The van der Waals surface area contributed by atoms with Gasteiger partial charge in [0.1, 0.15) is 0 Å². The summed E-state index contributed by atoms with van der Waals surface area (Å²) in [6.45, 7) is 8.08. The van der Waals surface area contributed by atoms with Crippen LogP contribution in [0.1, 0.15) is 52.0 Å². The van der Waals surface area contributed by atoms with Crippen molar-refractivity contribution in [2.45, 2.75) is 57.0 Å². The number of piperidine rings is 1. The molecule has 24 heavy (non-hydrogen) atoms. The van der Waals surface area contributed by atoms with Crippen LogP contribution in [0.3, 0.4) is 0 Å². The molecule has 1 aromatic carbocycles. The minimum absolute atomic E-state index is 0.0719. The molecular formula is C19H30N2O2S. The lowest BCUT2D eigenvalue weighted by atomic mass is 9.93. The Hall–Kier alpha value is -1.20. The molecule has 1 unspecified atom stereocenters. The highest BCUT2D eigenvalue weighted by atomic mass is 32.2. The fourth-order valence-electron chi connectivity index (χ4n) is 2.84. The Balaban J connectivity index is 1.84. The average Bonchev–Trinajstić information content (AvgIpc) is 2.53. The first-order chi connectivity index (χ1) is 11.3. The molecule has 1 amide bonds. The number of hydrogen-bond acceptors (Lipinski definition) is 3. The molecule has 2 N–H and O–H groups in total. The van der Waals surface area contributed by atoms with Crippen LogP contribution >= 0.6 is 0 Å². The first-order valence-electron chi connectivity index (χ1n) is 8.82. The Morgan fingerprint density at radius 1 is 1.29 bits per heavy atom. The lowest BCUT2D eigenvalue weighted by Gasteiger charge is -2.22. The normalized spacial score (nSPS) is 17.5. The van der Waals surface area contributed by atoms with Crippen LogP contribution in [-0.2, 0) is 21.3 Å². The summed E-state index contributed by atoms with van der Waals surface area (Å²) in [5.74, 6) is 1.25. The van der Waals surface area contributed by atoms with Crippen molar-refractivity contribution in [1.29, 1.82) is 0 Å². The summed E-state index contributed by atoms with van der Waals surface area (Å²) in [6, 6.07) is 7.71. The third-order valence-corrected chi connectivity index (χ3v) is 6.39. The molecule has 1 aliphatic rings. The Morgan fingerprint density at radius 3 is 2.67 bits per heavy atom. The van der Waals surface area contributed by atoms with E-state index in [-0.39, 0.29) is 10.7 Å². The molecule has 1 saturated heterocycles. The van der Waals surface area contributed by atoms with Crippen molar-refractivity contribution in [3.8, 4) is 0 Å². The molecule has 5 heteroatoms. The highest BCUT2D eigenvalue weighted by Crippen LogP contribution is 2.20. The maximum Gasteiger partial charge on any atom is 0.224 e. The predicted octanol–water partition coefficient (Wildman–Crippen LogP) is 3.45. The minimum Gasteiger partial charge on any atom is -0.326 e. The van der Waals surface area contributed by atoms with E-state index >= 15 is 0 Å². The second kappa shape index (κ2) is 8.77. The van der Waals surface area contributed by atoms with Gasteiger partial charge in [-0.15, -0.1) is 0 Å². The molecule has 1 aromatic rings. The molecule has 0 bridgehead atoms. The first-order valence-corrected chi connectivity index (χ1v) is 10.1. The number of rotatable bonds is 6. The number of anilines is 1. The van der Waals surface area contributed by atoms with E-state index in [4.69, 9.17) is 0 Å². The molecular weight excluding hydrogens is 320 g/mol. The summed E-state index contributed by atoms with van der Waals surface area (Å²) < 4.78 is 12.0. The molecule has 0 radical (unpaired) electrons. The van der Waals surface area contributed by atoms with Crippen LogP contribution < -0.4 is 10.6 Å². The van der Waals surface area contributed by atoms with Gasteiger partial charge in [-0.3, -0.25) is 9.00 Å². The van der Waals surface area contributed by atoms with Crippen molar-refractivity contribution in [2.24, 2.45) is 5.92 Å². The largest absolute Gasteiger partial charge is 0.326 e. The second-order valence-electron chi connectivity index (χ2n) is 7.58. The summed E-state index contributed by atoms with van der Waals surface area (Å²) >= 11 is 0. The molecule has 4 nitrogen and oxygen atoms in total. The molecule has 1 aliphatic heterocycles. The fraction of sp³-hybridized carbons (Fsp3) is 0.632. The van der Waals surface area contributed by atoms with Crippen LogP contribution in [-0.4, -0.2) is 28.0 Å². The standard InChI is InChI=1S/C19H30N2O2S/c1-19(2,3)24(23)14-16-5-4-6-17(13-16)21-18(22)8-7-15-9-11-20-12-10-15/h4-6,13,15,20H,7-12,14H2,1-3H3,(H,21,22). The van der Waals surface area contributed by atoms with Gasteiger partial charge in [0.15, 0.2) is 0 Å². The van der Waals surface area contributed by atoms with Gasteiger partial charge in [-0.25, -0.2) is 0 Å². The fourth-order valence-corrected chi connectivity index (χ4v) is 3.75. The molecule has 0 aliphatic carbocycles. The van der Waals surface area contributed by atoms with E-state index in [1.807, 2.05) is 45.0 Å². The number of benzene rings is 1. The molecule has 0 saturated carbocycles. The second-order valence-corrected chi connectivity index (χ2v) is 9.79. The molecule has 134 valence electrons. The van der Waals surface area contributed by atoms with Gasteiger partial charge in [-0.1, -0.05) is 12.1 Å². The lowest BCUT2D eigenvalue weighted by Crippen LogP contribution is -2.28. The van der Waals surface area contributed by atoms with E-state index in [9.17, 15) is 9.00 Å². The van der Waals surface area contributed by atoms with Crippen LogP contribution in [0.4, 0.5) is 5.69 Å². The van der Waals surface area contributed by atoms with Gasteiger partial charge in [-0.2, -0.15) is 0 Å². The maximum atomic E-state index is 12.3. The Kier molecular flexibility index (Phi) is 6.99. The quantitative estimate of drug-likeness (QED) is 0.826. The topological polar surface area (TPSA) is 58.2 Å². The number of carbonyl (C=O) groups is 1. The number of hydrogen-bond donors (Lipinski definition) is 2. The van der Waals surface area contributed by atoms with Crippen molar-refractivity contribution < 1.29 is 9.00 Å². The zero-order valence-corrected chi connectivity index (χ0v) is 15.9. The highest BCUT2D eigenvalue weighted by molar-refractivity contribution is 7.85. The van der Waals surface area contributed by atoms with Crippen LogP contribution in [0.25, 0.3) is 0 Å². The van der Waals surface area contributed by atoms with E-state index < -0.39 is 10.8 Å². The third-order valence-electron chi connectivity index (χ3n) is 4.43. The van der Waals surface area contributed by atoms with Gasteiger partial charge in [-0.05, 0) is 76.7 Å². The molecule has 1 fully saturated rings. The highest BCUT2D eigenvalue weighted by Gasteiger charge is 2.19. The molecule has 0 aromatic heterocycles. The summed E-state index contributed by atoms with van der Waals surface area (Å²) in [5, 5.41) is 6.33.